The summed E-state index contributed by atoms with van der Waals surface area (Å²) < 4.78 is 1.74. The van der Waals surface area contributed by atoms with E-state index in [2.05, 4.69) is 20.8 Å². The van der Waals surface area contributed by atoms with Crippen molar-refractivity contribution < 1.29 is 4.79 Å². The largest absolute Gasteiger partial charge is 0.324 e. The van der Waals surface area contributed by atoms with Gasteiger partial charge >= 0.3 is 6.03 Å². The molecule has 0 saturated heterocycles. The zero-order chi connectivity index (χ0) is 19.6. The number of rotatable bonds is 4. The zero-order valence-electron chi connectivity index (χ0n) is 14.9. The van der Waals surface area contributed by atoms with Crippen molar-refractivity contribution in [1.29, 1.82) is 0 Å². The van der Waals surface area contributed by atoms with Gasteiger partial charge in [-0.1, -0.05) is 18.2 Å². The molecule has 0 aliphatic heterocycles. The predicted octanol–water partition coefficient (Wildman–Crippen LogP) is 5.23. The molecule has 4 aromatic heterocycles. The lowest BCUT2D eigenvalue weighted by atomic mass is 10.1. The van der Waals surface area contributed by atoms with Gasteiger partial charge in [0.15, 0.2) is 11.5 Å². The number of aromatic nitrogens is 4. The molecule has 29 heavy (non-hydrogen) atoms. The highest BCUT2D eigenvalue weighted by Gasteiger charge is 2.12. The third-order valence-corrected chi connectivity index (χ3v) is 5.83. The predicted molar refractivity (Wildman–Crippen MR) is 116 cm³/mol. The number of thiophene rings is 2. The van der Waals surface area contributed by atoms with Crippen LogP contribution >= 0.6 is 22.7 Å². The number of urea groups is 1. The second-order valence-corrected chi connectivity index (χ2v) is 8.02. The molecule has 0 aliphatic rings. The molecule has 0 aliphatic carbocycles. The summed E-state index contributed by atoms with van der Waals surface area (Å²) >= 11 is 3.06. The number of benzene rings is 1. The Morgan fingerprint density at radius 2 is 1.79 bits per heavy atom. The first-order chi connectivity index (χ1) is 14.3. The van der Waals surface area contributed by atoms with Crippen LogP contribution in [0.25, 0.3) is 27.6 Å². The molecule has 0 bridgehead atoms. The van der Waals surface area contributed by atoms with Gasteiger partial charge in [-0.2, -0.15) is 9.61 Å². The van der Waals surface area contributed by atoms with Crippen LogP contribution in [0, 0.1) is 0 Å². The van der Waals surface area contributed by atoms with Crippen molar-refractivity contribution in [2.24, 2.45) is 0 Å². The molecule has 0 atom stereocenters. The molecule has 5 rings (SSSR count). The number of fused-ring (bicyclic) bond motifs is 1. The minimum Gasteiger partial charge on any atom is -0.308 e. The van der Waals surface area contributed by atoms with Gasteiger partial charge in [-0.15, -0.1) is 32.9 Å². The van der Waals surface area contributed by atoms with Crippen molar-refractivity contribution in [2.75, 3.05) is 10.6 Å². The summed E-state index contributed by atoms with van der Waals surface area (Å²) in [6, 6.07) is 18.8. The van der Waals surface area contributed by atoms with Crippen LogP contribution in [-0.2, 0) is 0 Å². The van der Waals surface area contributed by atoms with E-state index in [9.17, 15) is 4.79 Å². The number of anilines is 2. The second-order valence-electron chi connectivity index (χ2n) is 6.13. The van der Waals surface area contributed by atoms with Crippen LogP contribution in [0.2, 0.25) is 0 Å². The summed E-state index contributed by atoms with van der Waals surface area (Å²) in [6.45, 7) is 0. The van der Waals surface area contributed by atoms with Gasteiger partial charge in [0.25, 0.3) is 0 Å². The van der Waals surface area contributed by atoms with E-state index in [-0.39, 0.29) is 6.03 Å². The average molecular weight is 419 g/mol. The third kappa shape index (κ3) is 3.60. The van der Waals surface area contributed by atoms with Gasteiger partial charge in [0.1, 0.15) is 0 Å². The lowest BCUT2D eigenvalue weighted by molar-refractivity contribution is 0.262. The highest BCUT2D eigenvalue weighted by atomic mass is 32.1. The van der Waals surface area contributed by atoms with Crippen molar-refractivity contribution in [3.05, 3.63) is 71.4 Å². The van der Waals surface area contributed by atoms with Crippen molar-refractivity contribution >= 4 is 45.0 Å². The monoisotopic (exact) mass is 418 g/mol. The van der Waals surface area contributed by atoms with Crippen LogP contribution in [0.4, 0.5) is 15.5 Å². The standard InChI is InChI=1S/C20H14N6OS2/c27-20(22-18-7-3-11-29-18)21-14-5-1-4-13(12-14)15-8-9-17-23-24-19(26(17)25-15)16-6-2-10-28-16/h1-12H,(H2,21,22,27). The zero-order valence-corrected chi connectivity index (χ0v) is 16.6. The number of amides is 2. The van der Waals surface area contributed by atoms with E-state index in [1.54, 1.807) is 15.9 Å². The first kappa shape index (κ1) is 17.5. The van der Waals surface area contributed by atoms with Gasteiger partial charge in [0, 0.05) is 11.3 Å². The van der Waals surface area contributed by atoms with Gasteiger partial charge in [-0.25, -0.2) is 4.79 Å². The summed E-state index contributed by atoms with van der Waals surface area (Å²) in [4.78, 5) is 13.2. The van der Waals surface area contributed by atoms with Gasteiger partial charge < -0.3 is 5.32 Å². The molecular weight excluding hydrogens is 404 g/mol. The molecule has 0 spiro atoms. The number of nitrogens with zero attached hydrogens (tertiary/aromatic N) is 4. The maximum absolute atomic E-state index is 12.2. The summed E-state index contributed by atoms with van der Waals surface area (Å²) in [5, 5.41) is 23.5. The first-order valence-electron chi connectivity index (χ1n) is 8.74. The Hall–Kier alpha value is -3.56. The van der Waals surface area contributed by atoms with E-state index in [1.807, 2.05) is 71.4 Å². The lowest BCUT2D eigenvalue weighted by Crippen LogP contribution is -2.18. The second kappa shape index (κ2) is 7.46. The van der Waals surface area contributed by atoms with Crippen LogP contribution in [0.1, 0.15) is 0 Å². The summed E-state index contributed by atoms with van der Waals surface area (Å²) in [5.41, 5.74) is 3.01. The third-order valence-electron chi connectivity index (χ3n) is 4.18. The summed E-state index contributed by atoms with van der Waals surface area (Å²) in [7, 11) is 0. The van der Waals surface area contributed by atoms with Crippen molar-refractivity contribution in [3.8, 4) is 22.0 Å². The van der Waals surface area contributed by atoms with Gasteiger partial charge in [-0.3, -0.25) is 5.32 Å². The Bertz CT molecular complexity index is 1280. The van der Waals surface area contributed by atoms with Crippen molar-refractivity contribution in [2.45, 2.75) is 0 Å². The van der Waals surface area contributed by atoms with Gasteiger partial charge in [-0.05, 0) is 53.2 Å². The first-order valence-corrected chi connectivity index (χ1v) is 10.5. The molecule has 0 fully saturated rings. The maximum Gasteiger partial charge on any atom is 0.324 e. The van der Waals surface area contributed by atoms with Gasteiger partial charge in [0.2, 0.25) is 0 Å². The van der Waals surface area contributed by atoms with Crippen LogP contribution in [0.5, 0.6) is 0 Å². The molecule has 1 aromatic carbocycles. The molecule has 2 amide bonds. The van der Waals surface area contributed by atoms with Crippen LogP contribution in [0.15, 0.2) is 71.4 Å². The number of carbonyl (C=O) groups is 1. The average Bonchev–Trinajstić information content (AvgIpc) is 3.49. The summed E-state index contributed by atoms with van der Waals surface area (Å²) in [5.74, 6) is 0.710. The SMILES string of the molecule is O=C(Nc1cccc(-c2ccc3nnc(-c4cccs4)n3n2)c1)Nc1cccs1. The smallest absolute Gasteiger partial charge is 0.308 e. The quantitative estimate of drug-likeness (QED) is 0.419. The van der Waals surface area contributed by atoms with E-state index < -0.39 is 0 Å². The molecule has 0 saturated carbocycles. The van der Waals surface area contributed by atoms with E-state index in [1.165, 1.54) is 11.3 Å². The Kier molecular flexibility index (Phi) is 4.51. The normalized spacial score (nSPS) is 10.9. The van der Waals surface area contributed by atoms with Crippen LogP contribution < -0.4 is 10.6 Å². The van der Waals surface area contributed by atoms with Crippen molar-refractivity contribution in [1.82, 2.24) is 19.8 Å². The molecule has 5 aromatic rings. The van der Waals surface area contributed by atoms with E-state index in [0.717, 1.165) is 21.1 Å². The topological polar surface area (TPSA) is 84.2 Å². The van der Waals surface area contributed by atoms with Crippen molar-refractivity contribution in [3.63, 3.8) is 0 Å². The van der Waals surface area contributed by atoms with Gasteiger partial charge in [0.05, 0.1) is 15.6 Å². The lowest BCUT2D eigenvalue weighted by Gasteiger charge is -2.08. The molecule has 7 nitrogen and oxygen atoms in total. The molecule has 142 valence electrons. The summed E-state index contributed by atoms with van der Waals surface area (Å²) in [6.07, 6.45) is 0. The minimum absolute atomic E-state index is 0.285. The Labute approximate surface area is 173 Å². The molecule has 4 heterocycles. The van der Waals surface area contributed by atoms with E-state index >= 15 is 0 Å². The maximum atomic E-state index is 12.2. The van der Waals surface area contributed by atoms with Crippen LogP contribution in [0.3, 0.4) is 0 Å². The van der Waals surface area contributed by atoms with E-state index in [0.29, 0.717) is 17.2 Å². The molecule has 2 N–H and O–H groups in total. The fourth-order valence-electron chi connectivity index (χ4n) is 2.88. The van der Waals surface area contributed by atoms with Crippen LogP contribution in [-0.4, -0.2) is 25.8 Å². The number of hydrogen-bond donors (Lipinski definition) is 2. The fraction of sp³-hybridized carbons (Fsp3) is 0. The molecule has 0 radical (unpaired) electrons. The minimum atomic E-state index is -0.285. The fourth-order valence-corrected chi connectivity index (χ4v) is 4.19. The number of hydrogen-bond acceptors (Lipinski definition) is 6. The number of carbonyl (C=O) groups excluding carboxylic acids is 1. The Morgan fingerprint density at radius 1 is 0.897 bits per heavy atom. The number of nitrogens with one attached hydrogen (secondary N) is 2. The molecular formula is C20H14N6OS2. The Balaban J connectivity index is 1.43. The highest BCUT2D eigenvalue weighted by molar-refractivity contribution is 7.14. The molecule has 9 heteroatoms. The van der Waals surface area contributed by atoms with E-state index in [4.69, 9.17) is 5.10 Å². The Morgan fingerprint density at radius 3 is 2.62 bits per heavy atom. The highest BCUT2D eigenvalue weighted by Crippen LogP contribution is 2.25. The molecule has 0 unspecified atom stereocenters.